The van der Waals surface area contributed by atoms with Crippen molar-refractivity contribution < 1.29 is 4.79 Å². The van der Waals surface area contributed by atoms with Crippen LogP contribution in [0, 0.1) is 0 Å². The van der Waals surface area contributed by atoms with Crippen molar-refractivity contribution in [1.29, 1.82) is 0 Å². The van der Waals surface area contributed by atoms with Gasteiger partial charge in [0.2, 0.25) is 5.91 Å². The first kappa shape index (κ1) is 14.7. The summed E-state index contributed by atoms with van der Waals surface area (Å²) in [5.41, 5.74) is 5.96. The van der Waals surface area contributed by atoms with Crippen LogP contribution in [0.15, 0.2) is 22.0 Å². The summed E-state index contributed by atoms with van der Waals surface area (Å²) in [4.78, 5) is 26.7. The first-order valence-corrected chi connectivity index (χ1v) is 8.11. The molecule has 7 heteroatoms. The van der Waals surface area contributed by atoms with Crippen LogP contribution in [-0.2, 0) is 17.6 Å². The molecule has 0 saturated carbocycles. The van der Waals surface area contributed by atoms with E-state index in [9.17, 15) is 9.59 Å². The van der Waals surface area contributed by atoms with Gasteiger partial charge in [0.1, 0.15) is 5.52 Å². The average Bonchev–Trinajstić information content (AvgIpc) is 2.80. The van der Waals surface area contributed by atoms with Crippen LogP contribution in [0.1, 0.15) is 37.4 Å². The maximum absolute atomic E-state index is 12.2. The summed E-state index contributed by atoms with van der Waals surface area (Å²) in [6.45, 7) is 1.39. The van der Waals surface area contributed by atoms with Crippen molar-refractivity contribution in [1.82, 2.24) is 20.6 Å². The van der Waals surface area contributed by atoms with Gasteiger partial charge in [-0.15, -0.1) is 10.2 Å². The fourth-order valence-electron chi connectivity index (χ4n) is 3.41. The van der Waals surface area contributed by atoms with Gasteiger partial charge in [0.25, 0.3) is 5.56 Å². The molecule has 4 rings (SSSR count). The minimum absolute atomic E-state index is 0.263. The van der Waals surface area contributed by atoms with Crippen LogP contribution in [0.3, 0.4) is 0 Å². The molecular weight excluding hydrogens is 306 g/mol. The summed E-state index contributed by atoms with van der Waals surface area (Å²) in [6.07, 6.45) is 5.34. The highest BCUT2D eigenvalue weighted by atomic mass is 16.2. The third kappa shape index (κ3) is 2.42. The zero-order valence-electron chi connectivity index (χ0n) is 13.3. The SMILES string of the molecule is CC(=O)N/N=c1/cc2[nH]c3c(c4nnc(=O)c(c1)c24)CCCCC3. The Hall–Kier alpha value is -2.83. The van der Waals surface area contributed by atoms with Gasteiger partial charge < -0.3 is 4.98 Å². The topological polar surface area (TPSA) is 100 Å². The Labute approximate surface area is 137 Å². The maximum atomic E-state index is 12.2. The second kappa shape index (κ2) is 5.67. The number of hydrogen-bond donors (Lipinski definition) is 2. The molecule has 0 radical (unpaired) electrons. The molecule has 1 amide bonds. The highest BCUT2D eigenvalue weighted by Crippen LogP contribution is 2.29. The van der Waals surface area contributed by atoms with E-state index >= 15 is 0 Å². The zero-order chi connectivity index (χ0) is 16.7. The number of amides is 1. The number of carbonyl (C=O) groups is 1. The quantitative estimate of drug-likeness (QED) is 0.518. The average molecular weight is 323 g/mol. The van der Waals surface area contributed by atoms with Crippen LogP contribution in [-0.4, -0.2) is 21.1 Å². The minimum atomic E-state index is -0.380. The minimum Gasteiger partial charge on any atom is -0.358 e. The number of pyridine rings is 1. The molecule has 0 unspecified atom stereocenters. The van der Waals surface area contributed by atoms with Crippen LogP contribution < -0.4 is 16.3 Å². The van der Waals surface area contributed by atoms with E-state index in [0.29, 0.717) is 10.7 Å². The van der Waals surface area contributed by atoms with Crippen molar-refractivity contribution in [3.05, 3.63) is 39.1 Å². The molecule has 1 aromatic carbocycles. The number of nitrogens with one attached hydrogen (secondary N) is 2. The molecule has 24 heavy (non-hydrogen) atoms. The first-order valence-electron chi connectivity index (χ1n) is 8.11. The van der Waals surface area contributed by atoms with Crippen LogP contribution in [0.5, 0.6) is 0 Å². The normalized spacial score (nSPS) is 15.5. The molecule has 0 aliphatic heterocycles. The van der Waals surface area contributed by atoms with Gasteiger partial charge in [-0.1, -0.05) is 6.42 Å². The van der Waals surface area contributed by atoms with Crippen molar-refractivity contribution in [3.8, 4) is 0 Å². The van der Waals surface area contributed by atoms with E-state index in [-0.39, 0.29) is 11.5 Å². The van der Waals surface area contributed by atoms with E-state index in [1.807, 2.05) is 6.07 Å². The molecule has 2 heterocycles. The molecule has 2 aromatic heterocycles. The van der Waals surface area contributed by atoms with E-state index in [0.717, 1.165) is 47.8 Å². The van der Waals surface area contributed by atoms with Gasteiger partial charge in [-0.25, -0.2) is 5.43 Å². The fourth-order valence-corrected chi connectivity index (χ4v) is 3.41. The molecular formula is C17H17N5O2. The van der Waals surface area contributed by atoms with Gasteiger partial charge in [-0.05, 0) is 43.4 Å². The van der Waals surface area contributed by atoms with E-state index < -0.39 is 0 Å². The van der Waals surface area contributed by atoms with E-state index in [4.69, 9.17) is 0 Å². The summed E-state index contributed by atoms with van der Waals surface area (Å²) >= 11 is 0. The molecule has 2 N–H and O–H groups in total. The molecule has 0 fully saturated rings. The van der Waals surface area contributed by atoms with E-state index in [1.165, 1.54) is 18.9 Å². The van der Waals surface area contributed by atoms with Crippen molar-refractivity contribution in [2.24, 2.45) is 5.10 Å². The van der Waals surface area contributed by atoms with Gasteiger partial charge in [0, 0.05) is 18.0 Å². The van der Waals surface area contributed by atoms with Crippen molar-refractivity contribution in [2.45, 2.75) is 39.0 Å². The predicted octanol–water partition coefficient (Wildman–Crippen LogP) is 1.13. The Morgan fingerprint density at radius 2 is 2.04 bits per heavy atom. The summed E-state index contributed by atoms with van der Waals surface area (Å²) in [5, 5.41) is 13.8. The highest BCUT2D eigenvalue weighted by Gasteiger charge is 2.18. The molecule has 0 spiro atoms. The molecule has 7 nitrogen and oxygen atoms in total. The summed E-state index contributed by atoms with van der Waals surface area (Å²) < 4.78 is 0. The predicted molar refractivity (Wildman–Crippen MR) is 89.5 cm³/mol. The van der Waals surface area contributed by atoms with Gasteiger partial charge in [-0.2, -0.15) is 5.10 Å². The number of rotatable bonds is 1. The van der Waals surface area contributed by atoms with Gasteiger partial charge in [0.05, 0.1) is 16.3 Å². The lowest BCUT2D eigenvalue weighted by Gasteiger charge is -2.12. The monoisotopic (exact) mass is 323 g/mol. The molecule has 1 aliphatic carbocycles. The number of benzene rings is 1. The fraction of sp³-hybridized carbons (Fsp3) is 0.353. The Balaban J connectivity index is 2.09. The lowest BCUT2D eigenvalue weighted by atomic mass is 10.0. The number of carbonyl (C=O) groups excluding carboxylic acids is 1. The van der Waals surface area contributed by atoms with Crippen molar-refractivity contribution in [2.75, 3.05) is 0 Å². The number of fused-ring (bicyclic) bond motifs is 2. The number of H-pyrrole nitrogens is 1. The van der Waals surface area contributed by atoms with Crippen LogP contribution in [0.2, 0.25) is 0 Å². The van der Waals surface area contributed by atoms with Crippen LogP contribution in [0.4, 0.5) is 0 Å². The smallest absolute Gasteiger partial charge is 0.296 e. The molecule has 3 aromatic rings. The Morgan fingerprint density at radius 1 is 1.21 bits per heavy atom. The lowest BCUT2D eigenvalue weighted by Crippen LogP contribution is -2.19. The number of nitrogens with zero attached hydrogens (tertiary/aromatic N) is 3. The third-order valence-corrected chi connectivity index (χ3v) is 4.46. The molecule has 122 valence electrons. The molecule has 0 bridgehead atoms. The molecule has 0 saturated heterocycles. The van der Waals surface area contributed by atoms with Crippen LogP contribution in [0.25, 0.3) is 21.8 Å². The number of aromatic amines is 1. The van der Waals surface area contributed by atoms with E-state index in [2.05, 4.69) is 25.7 Å². The van der Waals surface area contributed by atoms with Gasteiger partial charge in [-0.3, -0.25) is 9.59 Å². The second-order valence-electron chi connectivity index (χ2n) is 6.19. The first-order chi connectivity index (χ1) is 11.6. The van der Waals surface area contributed by atoms with Crippen LogP contribution >= 0.6 is 0 Å². The number of aromatic nitrogens is 3. The lowest BCUT2D eigenvalue weighted by molar-refractivity contribution is -0.119. The Bertz CT molecular complexity index is 1070. The zero-order valence-corrected chi connectivity index (χ0v) is 13.3. The summed E-state index contributed by atoms with van der Waals surface area (Å²) in [5.74, 6) is -0.263. The Morgan fingerprint density at radius 3 is 2.88 bits per heavy atom. The summed E-state index contributed by atoms with van der Waals surface area (Å²) in [7, 11) is 0. The maximum Gasteiger partial charge on any atom is 0.296 e. The highest BCUT2D eigenvalue weighted by molar-refractivity contribution is 6.07. The largest absolute Gasteiger partial charge is 0.358 e. The third-order valence-electron chi connectivity index (χ3n) is 4.46. The van der Waals surface area contributed by atoms with Crippen molar-refractivity contribution in [3.63, 3.8) is 0 Å². The number of aryl methyl sites for hydroxylation is 2. The standard InChI is InChI=1S/C17H17N5O2/c1-9(23)19-20-10-7-12-15-14(8-10)18-13-6-4-2-3-5-11(13)16(15)21-22-17(12)24/h7-8,18H,2-6H2,1H3,(H,19,23)/b20-10+. The van der Waals surface area contributed by atoms with Gasteiger partial charge in [0.15, 0.2) is 0 Å². The van der Waals surface area contributed by atoms with Gasteiger partial charge >= 0.3 is 0 Å². The second-order valence-corrected chi connectivity index (χ2v) is 6.19. The summed E-state index contributed by atoms with van der Waals surface area (Å²) in [6, 6.07) is 3.48. The molecule has 1 aliphatic rings. The van der Waals surface area contributed by atoms with E-state index in [1.54, 1.807) is 6.07 Å². The Kier molecular flexibility index (Phi) is 3.48. The van der Waals surface area contributed by atoms with Crippen molar-refractivity contribution >= 4 is 27.7 Å². The molecule has 0 atom stereocenters. The number of hydrogen-bond acceptors (Lipinski definition) is 5.